The molecule has 1 aliphatic rings. The molecule has 15 heavy (non-hydrogen) atoms. The minimum Gasteiger partial charge on any atom is -0.545 e. The van der Waals surface area contributed by atoms with Crippen LogP contribution in [0.4, 0.5) is 4.79 Å². The van der Waals surface area contributed by atoms with Crippen molar-refractivity contribution < 1.29 is 34.1 Å². The van der Waals surface area contributed by atoms with E-state index in [1.165, 1.54) is 0 Å². The molecular weight excluding hydrogens is 208 g/mol. The number of carboxylic acids is 2. The van der Waals surface area contributed by atoms with E-state index in [0.717, 1.165) is 0 Å². The van der Waals surface area contributed by atoms with Gasteiger partial charge in [-0.2, -0.15) is 0 Å². The standard InChI is InChI=1S/C8H8O7/c9-6(10)2-4(7(11)12)1-5-3-14-8(13)15-5/h2,5H,1,3H2,(H,9,10)(H,11,12)/p-2/b4-2-. The Kier molecular flexibility index (Phi) is 3.27. The van der Waals surface area contributed by atoms with E-state index in [4.69, 9.17) is 0 Å². The molecule has 1 saturated heterocycles. The van der Waals surface area contributed by atoms with Crippen molar-refractivity contribution in [3.05, 3.63) is 11.6 Å². The van der Waals surface area contributed by atoms with E-state index >= 15 is 0 Å². The topological polar surface area (TPSA) is 116 Å². The number of carbonyl (C=O) groups excluding carboxylic acids is 3. The Morgan fingerprint density at radius 1 is 1.47 bits per heavy atom. The largest absolute Gasteiger partial charge is 0.545 e. The van der Waals surface area contributed by atoms with Gasteiger partial charge in [-0.1, -0.05) is 0 Å². The Morgan fingerprint density at radius 3 is 2.53 bits per heavy atom. The van der Waals surface area contributed by atoms with Crippen LogP contribution in [0.15, 0.2) is 11.6 Å². The van der Waals surface area contributed by atoms with Crippen LogP contribution in [0.25, 0.3) is 0 Å². The predicted molar refractivity (Wildman–Crippen MR) is 38.9 cm³/mol. The third kappa shape index (κ3) is 3.29. The van der Waals surface area contributed by atoms with E-state index in [9.17, 15) is 24.6 Å². The van der Waals surface area contributed by atoms with Crippen LogP contribution in [-0.4, -0.2) is 30.8 Å². The quantitative estimate of drug-likeness (QED) is 0.370. The second kappa shape index (κ2) is 4.45. The van der Waals surface area contributed by atoms with Gasteiger partial charge in [-0.3, -0.25) is 0 Å². The van der Waals surface area contributed by atoms with Crippen molar-refractivity contribution in [1.29, 1.82) is 0 Å². The second-order valence-corrected chi connectivity index (χ2v) is 2.78. The van der Waals surface area contributed by atoms with Crippen molar-refractivity contribution >= 4 is 18.1 Å². The van der Waals surface area contributed by atoms with Gasteiger partial charge >= 0.3 is 6.16 Å². The first-order chi connectivity index (χ1) is 6.99. The van der Waals surface area contributed by atoms with Crippen LogP contribution in [0, 0.1) is 0 Å². The molecule has 1 fully saturated rings. The van der Waals surface area contributed by atoms with Crippen LogP contribution >= 0.6 is 0 Å². The van der Waals surface area contributed by atoms with Crippen molar-refractivity contribution in [3.63, 3.8) is 0 Å². The fourth-order valence-electron chi connectivity index (χ4n) is 1.05. The summed E-state index contributed by atoms with van der Waals surface area (Å²) >= 11 is 0. The maximum absolute atomic E-state index is 10.5. The van der Waals surface area contributed by atoms with Gasteiger partial charge in [-0.25, -0.2) is 4.79 Å². The molecular formula is C8H6O7-2. The summed E-state index contributed by atoms with van der Waals surface area (Å²) in [6.45, 7) is -0.115. The first-order valence-corrected chi connectivity index (χ1v) is 3.95. The number of ether oxygens (including phenoxy) is 2. The van der Waals surface area contributed by atoms with E-state index in [1.54, 1.807) is 0 Å². The number of carboxylic acid groups (broad SMARTS) is 2. The number of aliphatic carboxylic acids is 2. The second-order valence-electron chi connectivity index (χ2n) is 2.78. The molecule has 1 atom stereocenters. The molecule has 1 heterocycles. The van der Waals surface area contributed by atoms with Gasteiger partial charge in [-0.15, -0.1) is 0 Å². The molecule has 1 unspecified atom stereocenters. The number of rotatable bonds is 4. The highest BCUT2D eigenvalue weighted by molar-refractivity contribution is 5.92. The Hall–Kier alpha value is -2.05. The predicted octanol–water partition coefficient (Wildman–Crippen LogP) is -2.66. The summed E-state index contributed by atoms with van der Waals surface area (Å²) < 4.78 is 8.90. The van der Waals surface area contributed by atoms with Crippen LogP contribution < -0.4 is 10.2 Å². The van der Waals surface area contributed by atoms with E-state index in [-0.39, 0.29) is 13.0 Å². The molecule has 0 N–H and O–H groups in total. The fraction of sp³-hybridized carbons (Fsp3) is 0.375. The molecule has 0 aromatic heterocycles. The van der Waals surface area contributed by atoms with Crippen molar-refractivity contribution in [2.45, 2.75) is 12.5 Å². The van der Waals surface area contributed by atoms with Gasteiger partial charge in [0.15, 0.2) is 0 Å². The Bertz CT molecular complexity index is 330. The number of hydrogen-bond acceptors (Lipinski definition) is 7. The molecule has 0 spiro atoms. The molecule has 7 heteroatoms. The third-order valence-corrected chi connectivity index (χ3v) is 1.65. The SMILES string of the molecule is O=C([O-])/C=C(/CC1COC(=O)O1)C(=O)[O-]. The monoisotopic (exact) mass is 214 g/mol. The molecule has 7 nitrogen and oxygen atoms in total. The van der Waals surface area contributed by atoms with E-state index in [0.29, 0.717) is 6.08 Å². The van der Waals surface area contributed by atoms with Gasteiger partial charge in [-0.05, 0) is 11.6 Å². The summed E-state index contributed by atoms with van der Waals surface area (Å²) in [6.07, 6.45) is -1.61. The molecule has 1 rings (SSSR count). The molecule has 82 valence electrons. The molecule has 0 aromatic rings. The average Bonchev–Trinajstić information content (AvgIpc) is 2.49. The van der Waals surface area contributed by atoms with Gasteiger partial charge in [0, 0.05) is 6.42 Å². The van der Waals surface area contributed by atoms with Gasteiger partial charge in [0.2, 0.25) is 0 Å². The van der Waals surface area contributed by atoms with Crippen LogP contribution in [0.5, 0.6) is 0 Å². The Labute approximate surface area is 83.9 Å². The van der Waals surface area contributed by atoms with Gasteiger partial charge in [0.1, 0.15) is 12.7 Å². The minimum absolute atomic E-state index is 0.115. The highest BCUT2D eigenvalue weighted by Crippen LogP contribution is 2.14. The summed E-state index contributed by atoms with van der Waals surface area (Å²) in [7, 11) is 0. The highest BCUT2D eigenvalue weighted by atomic mass is 16.8. The number of cyclic esters (lactones) is 2. The molecule has 0 amide bonds. The maximum atomic E-state index is 10.5. The molecule has 0 aromatic carbocycles. The van der Waals surface area contributed by atoms with Crippen molar-refractivity contribution in [3.8, 4) is 0 Å². The lowest BCUT2D eigenvalue weighted by Gasteiger charge is -2.11. The van der Waals surface area contributed by atoms with Crippen molar-refractivity contribution in [1.82, 2.24) is 0 Å². The van der Waals surface area contributed by atoms with Gasteiger partial charge in [0.05, 0.1) is 11.9 Å². The normalized spacial score (nSPS) is 20.7. The minimum atomic E-state index is -1.65. The number of carbonyl (C=O) groups is 3. The van der Waals surface area contributed by atoms with E-state index in [1.807, 2.05) is 0 Å². The van der Waals surface area contributed by atoms with Crippen LogP contribution in [0.3, 0.4) is 0 Å². The zero-order chi connectivity index (χ0) is 11.4. The molecule has 1 aliphatic heterocycles. The van der Waals surface area contributed by atoms with Crippen LogP contribution in [-0.2, 0) is 19.1 Å². The van der Waals surface area contributed by atoms with Crippen molar-refractivity contribution in [2.75, 3.05) is 6.61 Å². The fourth-order valence-corrected chi connectivity index (χ4v) is 1.05. The lowest BCUT2D eigenvalue weighted by Crippen LogP contribution is -2.30. The van der Waals surface area contributed by atoms with Gasteiger partial charge in [0.25, 0.3) is 0 Å². The van der Waals surface area contributed by atoms with Crippen molar-refractivity contribution in [2.24, 2.45) is 0 Å². The highest BCUT2D eigenvalue weighted by Gasteiger charge is 2.25. The smallest absolute Gasteiger partial charge is 0.508 e. The zero-order valence-electron chi connectivity index (χ0n) is 7.43. The Balaban J connectivity index is 2.63. The molecule has 0 saturated carbocycles. The van der Waals surface area contributed by atoms with Crippen LogP contribution in [0.2, 0.25) is 0 Å². The van der Waals surface area contributed by atoms with E-state index in [2.05, 4.69) is 9.47 Å². The first kappa shape index (κ1) is 11.0. The summed E-state index contributed by atoms with van der Waals surface area (Å²) in [4.78, 5) is 31.1. The average molecular weight is 214 g/mol. The van der Waals surface area contributed by atoms with Gasteiger partial charge < -0.3 is 29.3 Å². The summed E-state index contributed by atoms with van der Waals surface area (Å²) in [6, 6.07) is 0. The Morgan fingerprint density at radius 2 is 2.13 bits per heavy atom. The molecule has 0 bridgehead atoms. The zero-order valence-corrected chi connectivity index (χ0v) is 7.43. The van der Waals surface area contributed by atoms with Crippen LogP contribution in [0.1, 0.15) is 6.42 Å². The maximum Gasteiger partial charge on any atom is 0.508 e. The molecule has 0 aliphatic carbocycles. The molecule has 0 radical (unpaired) electrons. The van der Waals surface area contributed by atoms with E-state index < -0.39 is 29.8 Å². The summed E-state index contributed by atoms with van der Waals surface area (Å²) in [5.74, 6) is -3.30. The lowest BCUT2D eigenvalue weighted by molar-refractivity contribution is -0.303. The third-order valence-electron chi connectivity index (χ3n) is 1.65. The summed E-state index contributed by atoms with van der Waals surface area (Å²) in [5.41, 5.74) is -0.515. The lowest BCUT2D eigenvalue weighted by atomic mass is 10.1. The summed E-state index contributed by atoms with van der Waals surface area (Å²) in [5, 5.41) is 20.6. The number of hydrogen-bond donors (Lipinski definition) is 0. The first-order valence-electron chi connectivity index (χ1n) is 3.95.